The predicted molar refractivity (Wildman–Crippen MR) is 73.3 cm³/mol. The lowest BCUT2D eigenvalue weighted by atomic mass is 10.1. The van der Waals surface area contributed by atoms with Gasteiger partial charge in [-0.3, -0.25) is 0 Å². The van der Waals surface area contributed by atoms with Crippen LogP contribution in [0.4, 0.5) is 5.69 Å². The van der Waals surface area contributed by atoms with Gasteiger partial charge >= 0.3 is 5.97 Å². The van der Waals surface area contributed by atoms with Crippen LogP contribution in [-0.2, 0) is 4.74 Å². The first-order valence-electron chi connectivity index (χ1n) is 5.90. The van der Waals surface area contributed by atoms with Crippen molar-refractivity contribution in [2.75, 3.05) is 18.0 Å². The summed E-state index contributed by atoms with van der Waals surface area (Å²) in [6.07, 6.45) is 0.220. The molecule has 0 amide bonds. The Bertz CT molecular complexity index is 454. The number of ether oxygens (including phenoxy) is 1. The maximum Gasteiger partial charge on any atom is 0.337 e. The Hall–Kier alpha value is -1.07. The fraction of sp³-hybridized carbons (Fsp3) is 0.462. The number of carboxylic acid groups (broad SMARTS) is 1. The van der Waals surface area contributed by atoms with Crippen LogP contribution in [0.1, 0.15) is 24.2 Å². The number of rotatable bonds is 2. The van der Waals surface area contributed by atoms with Gasteiger partial charge in [0.15, 0.2) is 0 Å². The van der Waals surface area contributed by atoms with E-state index in [2.05, 4.69) is 20.8 Å². The van der Waals surface area contributed by atoms with Crippen molar-refractivity contribution in [1.82, 2.24) is 0 Å². The number of anilines is 1. The Morgan fingerprint density at radius 3 is 2.56 bits per heavy atom. The summed E-state index contributed by atoms with van der Waals surface area (Å²) in [4.78, 5) is 13.4. The molecule has 0 aromatic heterocycles. The topological polar surface area (TPSA) is 49.8 Å². The molecule has 0 unspecified atom stereocenters. The van der Waals surface area contributed by atoms with Crippen molar-refractivity contribution in [1.29, 1.82) is 0 Å². The summed E-state index contributed by atoms with van der Waals surface area (Å²) >= 11 is 3.31. The molecule has 98 valence electrons. The third-order valence-corrected chi connectivity index (χ3v) is 3.44. The van der Waals surface area contributed by atoms with Gasteiger partial charge in [-0.15, -0.1) is 0 Å². The molecule has 0 saturated carbocycles. The van der Waals surface area contributed by atoms with E-state index in [1.54, 1.807) is 6.07 Å². The lowest BCUT2D eigenvalue weighted by Gasteiger charge is -2.37. The number of benzene rings is 1. The van der Waals surface area contributed by atoms with Crippen molar-refractivity contribution >= 4 is 27.6 Å². The lowest BCUT2D eigenvalue weighted by molar-refractivity contribution is -0.00531. The van der Waals surface area contributed by atoms with Crippen molar-refractivity contribution in [3.05, 3.63) is 28.2 Å². The van der Waals surface area contributed by atoms with E-state index in [0.717, 1.165) is 10.2 Å². The largest absolute Gasteiger partial charge is 0.478 e. The number of hydrogen-bond donors (Lipinski definition) is 1. The number of carboxylic acids is 1. The summed E-state index contributed by atoms with van der Waals surface area (Å²) in [5.74, 6) is -0.905. The van der Waals surface area contributed by atoms with Gasteiger partial charge in [-0.25, -0.2) is 4.79 Å². The monoisotopic (exact) mass is 313 g/mol. The Labute approximate surface area is 115 Å². The lowest BCUT2D eigenvalue weighted by Crippen LogP contribution is -2.46. The Balaban J connectivity index is 2.35. The average Bonchev–Trinajstić information content (AvgIpc) is 2.27. The SMILES string of the molecule is C[C@@H]1CN(c2ccc(Br)cc2C(=O)O)C[C@H](C)O1. The van der Waals surface area contributed by atoms with E-state index in [1.807, 2.05) is 26.0 Å². The number of hydrogen-bond acceptors (Lipinski definition) is 3. The van der Waals surface area contributed by atoms with Crippen molar-refractivity contribution < 1.29 is 14.6 Å². The Morgan fingerprint density at radius 2 is 2.00 bits per heavy atom. The van der Waals surface area contributed by atoms with E-state index in [-0.39, 0.29) is 12.2 Å². The summed E-state index contributed by atoms with van der Waals surface area (Å²) in [6, 6.07) is 5.35. The van der Waals surface area contributed by atoms with Gasteiger partial charge in [0.25, 0.3) is 0 Å². The number of aromatic carboxylic acids is 1. The van der Waals surface area contributed by atoms with Gasteiger partial charge in [0.05, 0.1) is 23.5 Å². The highest BCUT2D eigenvalue weighted by Gasteiger charge is 2.25. The smallest absolute Gasteiger partial charge is 0.337 e. The number of morpholine rings is 1. The predicted octanol–water partition coefficient (Wildman–Crippen LogP) is 2.76. The summed E-state index contributed by atoms with van der Waals surface area (Å²) in [7, 11) is 0. The zero-order valence-corrected chi connectivity index (χ0v) is 12.0. The number of halogens is 1. The molecule has 1 N–H and O–H groups in total. The van der Waals surface area contributed by atoms with Crippen LogP contribution in [0.3, 0.4) is 0 Å². The first kappa shape index (κ1) is 13.4. The molecule has 4 nitrogen and oxygen atoms in total. The van der Waals surface area contributed by atoms with Crippen LogP contribution in [0.2, 0.25) is 0 Å². The third kappa shape index (κ3) is 2.84. The summed E-state index contributed by atoms with van der Waals surface area (Å²) in [5, 5.41) is 9.27. The molecule has 0 spiro atoms. The minimum Gasteiger partial charge on any atom is -0.478 e. The quantitative estimate of drug-likeness (QED) is 0.912. The molecule has 0 aliphatic carbocycles. The molecule has 2 atom stereocenters. The van der Waals surface area contributed by atoms with Crippen LogP contribution in [0, 0.1) is 0 Å². The molecule has 0 bridgehead atoms. The Morgan fingerprint density at radius 1 is 1.39 bits per heavy atom. The molecule has 2 rings (SSSR count). The molecule has 1 saturated heterocycles. The van der Waals surface area contributed by atoms with E-state index in [4.69, 9.17) is 4.74 Å². The first-order valence-corrected chi connectivity index (χ1v) is 6.70. The van der Waals surface area contributed by atoms with Crippen LogP contribution < -0.4 is 4.90 Å². The minimum atomic E-state index is -0.905. The van der Waals surface area contributed by atoms with Gasteiger partial charge in [-0.1, -0.05) is 15.9 Å². The summed E-state index contributed by atoms with van der Waals surface area (Å²) < 4.78 is 6.44. The second kappa shape index (κ2) is 5.28. The summed E-state index contributed by atoms with van der Waals surface area (Å²) in [5.41, 5.74) is 1.08. The molecular weight excluding hydrogens is 298 g/mol. The van der Waals surface area contributed by atoms with Gasteiger partial charge in [-0.2, -0.15) is 0 Å². The van der Waals surface area contributed by atoms with E-state index in [1.165, 1.54) is 0 Å². The second-order valence-corrected chi connectivity index (χ2v) is 5.54. The van der Waals surface area contributed by atoms with Gasteiger partial charge in [0, 0.05) is 17.6 Å². The average molecular weight is 314 g/mol. The molecule has 1 aromatic rings. The molecule has 18 heavy (non-hydrogen) atoms. The fourth-order valence-corrected chi connectivity index (χ4v) is 2.69. The highest BCUT2D eigenvalue weighted by Crippen LogP contribution is 2.27. The third-order valence-electron chi connectivity index (χ3n) is 2.95. The van der Waals surface area contributed by atoms with E-state index in [9.17, 15) is 9.90 Å². The molecule has 1 aromatic carbocycles. The van der Waals surface area contributed by atoms with Crippen LogP contribution in [-0.4, -0.2) is 36.4 Å². The first-order chi connectivity index (χ1) is 8.47. The van der Waals surface area contributed by atoms with Crippen LogP contribution in [0.25, 0.3) is 0 Å². The molecule has 5 heteroatoms. The zero-order valence-electron chi connectivity index (χ0n) is 10.4. The highest BCUT2D eigenvalue weighted by atomic mass is 79.9. The van der Waals surface area contributed by atoms with E-state index < -0.39 is 5.97 Å². The van der Waals surface area contributed by atoms with Gasteiger partial charge in [0.1, 0.15) is 0 Å². The van der Waals surface area contributed by atoms with Gasteiger partial charge < -0.3 is 14.7 Å². The molecule has 1 aliphatic heterocycles. The molecule has 1 fully saturated rings. The van der Waals surface area contributed by atoms with Crippen molar-refractivity contribution in [2.45, 2.75) is 26.1 Å². The highest BCUT2D eigenvalue weighted by molar-refractivity contribution is 9.10. The summed E-state index contributed by atoms with van der Waals surface area (Å²) in [6.45, 7) is 5.43. The maximum absolute atomic E-state index is 11.3. The van der Waals surface area contributed by atoms with Crippen molar-refractivity contribution in [3.63, 3.8) is 0 Å². The Kier molecular flexibility index (Phi) is 3.92. The number of carbonyl (C=O) groups is 1. The maximum atomic E-state index is 11.3. The number of nitrogens with zero attached hydrogens (tertiary/aromatic N) is 1. The molecule has 0 radical (unpaired) electrons. The van der Waals surface area contributed by atoms with Crippen LogP contribution in [0.5, 0.6) is 0 Å². The zero-order chi connectivity index (χ0) is 13.3. The van der Waals surface area contributed by atoms with Crippen molar-refractivity contribution in [3.8, 4) is 0 Å². The van der Waals surface area contributed by atoms with Crippen LogP contribution in [0.15, 0.2) is 22.7 Å². The van der Waals surface area contributed by atoms with Crippen molar-refractivity contribution in [2.24, 2.45) is 0 Å². The second-order valence-electron chi connectivity index (χ2n) is 4.63. The van der Waals surface area contributed by atoms with Crippen LogP contribution >= 0.6 is 15.9 Å². The van der Waals surface area contributed by atoms with E-state index in [0.29, 0.717) is 18.7 Å². The van der Waals surface area contributed by atoms with Gasteiger partial charge in [-0.05, 0) is 32.0 Å². The molecule has 1 heterocycles. The molecule has 1 aliphatic rings. The normalized spacial score (nSPS) is 24.1. The fourth-order valence-electron chi connectivity index (χ4n) is 2.33. The standard InChI is InChI=1S/C13H16BrNO3/c1-8-6-15(7-9(2)18-8)12-4-3-10(14)5-11(12)13(16)17/h3-5,8-9H,6-7H2,1-2H3,(H,16,17)/t8-,9+. The minimum absolute atomic E-state index is 0.110. The van der Waals surface area contributed by atoms with E-state index >= 15 is 0 Å². The molecular formula is C13H16BrNO3. The van der Waals surface area contributed by atoms with Gasteiger partial charge in [0.2, 0.25) is 0 Å².